The highest BCUT2D eigenvalue weighted by molar-refractivity contribution is 5.75. The molecule has 1 aromatic rings. The van der Waals surface area contributed by atoms with Gasteiger partial charge in [0.25, 0.3) is 0 Å². The number of carboxylic acid groups (broad SMARTS) is 1. The molecule has 0 aliphatic rings. The molecule has 18 heavy (non-hydrogen) atoms. The summed E-state index contributed by atoms with van der Waals surface area (Å²) in [6.45, 7) is 5.63. The maximum Gasteiger partial charge on any atom is 0.315 e. The molecule has 1 atom stereocenters. The first-order chi connectivity index (χ1) is 8.40. The highest BCUT2D eigenvalue weighted by Crippen LogP contribution is 2.20. The molecular formula is C12H18N2O4. The molecule has 0 aliphatic heterocycles. The minimum absolute atomic E-state index is 0.0916. The van der Waals surface area contributed by atoms with E-state index in [1.54, 1.807) is 0 Å². The Labute approximate surface area is 105 Å². The van der Waals surface area contributed by atoms with Gasteiger partial charge in [-0.3, -0.25) is 4.79 Å². The van der Waals surface area contributed by atoms with Crippen molar-refractivity contribution in [2.45, 2.75) is 33.2 Å². The first kappa shape index (κ1) is 14.1. The van der Waals surface area contributed by atoms with Crippen LogP contribution in [0.15, 0.2) is 10.5 Å². The average Bonchev–Trinajstić information content (AvgIpc) is 2.57. The van der Waals surface area contributed by atoms with E-state index < -0.39 is 5.97 Å². The zero-order valence-electron chi connectivity index (χ0n) is 10.7. The van der Waals surface area contributed by atoms with Crippen LogP contribution >= 0.6 is 0 Å². The molecule has 1 unspecified atom stereocenters. The van der Waals surface area contributed by atoms with Gasteiger partial charge in [0.1, 0.15) is 11.5 Å². The molecule has 1 aromatic heterocycles. The lowest BCUT2D eigenvalue weighted by Crippen LogP contribution is -2.38. The molecule has 0 saturated carbocycles. The van der Waals surface area contributed by atoms with Gasteiger partial charge in [-0.15, -0.1) is 0 Å². The Bertz CT molecular complexity index is 439. The van der Waals surface area contributed by atoms with E-state index in [0.717, 1.165) is 17.1 Å². The van der Waals surface area contributed by atoms with Crippen LogP contribution in [-0.4, -0.2) is 23.7 Å². The van der Waals surface area contributed by atoms with E-state index >= 15 is 0 Å². The summed E-state index contributed by atoms with van der Waals surface area (Å²) in [5, 5.41) is 13.6. The number of hydrogen-bond acceptors (Lipinski definition) is 3. The number of amides is 2. The first-order valence-corrected chi connectivity index (χ1v) is 5.73. The topological polar surface area (TPSA) is 91.6 Å². The summed E-state index contributed by atoms with van der Waals surface area (Å²) in [4.78, 5) is 21.8. The normalized spacial score (nSPS) is 11.9. The second kappa shape index (κ2) is 6.09. The van der Waals surface area contributed by atoms with Gasteiger partial charge >= 0.3 is 12.0 Å². The molecule has 6 heteroatoms. The van der Waals surface area contributed by atoms with Crippen LogP contribution in [0.25, 0.3) is 0 Å². The SMILES string of the molecule is Cc1cc(C(C)NC(=O)NCCC(=O)O)c(C)o1. The summed E-state index contributed by atoms with van der Waals surface area (Å²) in [7, 11) is 0. The van der Waals surface area contributed by atoms with Crippen LogP contribution in [0.5, 0.6) is 0 Å². The van der Waals surface area contributed by atoms with Gasteiger partial charge in [0.15, 0.2) is 0 Å². The van der Waals surface area contributed by atoms with E-state index in [2.05, 4.69) is 10.6 Å². The number of nitrogens with one attached hydrogen (secondary N) is 2. The third-order valence-corrected chi connectivity index (χ3v) is 2.52. The fraction of sp³-hybridized carbons (Fsp3) is 0.500. The van der Waals surface area contributed by atoms with E-state index in [1.165, 1.54) is 0 Å². The van der Waals surface area contributed by atoms with Crippen LogP contribution in [0, 0.1) is 13.8 Å². The Hall–Kier alpha value is -1.98. The van der Waals surface area contributed by atoms with E-state index in [9.17, 15) is 9.59 Å². The van der Waals surface area contributed by atoms with Crippen LogP contribution in [0.4, 0.5) is 4.79 Å². The Balaban J connectivity index is 2.44. The van der Waals surface area contributed by atoms with Crippen molar-refractivity contribution >= 4 is 12.0 Å². The van der Waals surface area contributed by atoms with Gasteiger partial charge in [0.2, 0.25) is 0 Å². The number of aliphatic carboxylic acids is 1. The van der Waals surface area contributed by atoms with Crippen molar-refractivity contribution in [3.63, 3.8) is 0 Å². The van der Waals surface area contributed by atoms with Crippen molar-refractivity contribution in [1.82, 2.24) is 10.6 Å². The number of carboxylic acids is 1. The number of urea groups is 1. The first-order valence-electron chi connectivity index (χ1n) is 5.73. The summed E-state index contributed by atoms with van der Waals surface area (Å²) in [5.41, 5.74) is 0.917. The molecule has 0 saturated heterocycles. The van der Waals surface area contributed by atoms with Crippen LogP contribution in [0.3, 0.4) is 0 Å². The predicted molar refractivity (Wildman–Crippen MR) is 65.4 cm³/mol. The highest BCUT2D eigenvalue weighted by atomic mass is 16.4. The molecular weight excluding hydrogens is 236 g/mol. The summed E-state index contributed by atoms with van der Waals surface area (Å²) in [5.74, 6) is 0.623. The Morgan fingerprint density at radius 2 is 2.11 bits per heavy atom. The fourth-order valence-electron chi connectivity index (χ4n) is 1.69. The van der Waals surface area contributed by atoms with Gasteiger partial charge in [-0.25, -0.2) is 4.79 Å². The fourth-order valence-corrected chi connectivity index (χ4v) is 1.69. The third kappa shape index (κ3) is 4.12. The van der Waals surface area contributed by atoms with Gasteiger partial charge in [0.05, 0.1) is 12.5 Å². The minimum atomic E-state index is -0.940. The largest absolute Gasteiger partial charge is 0.481 e. The lowest BCUT2D eigenvalue weighted by atomic mass is 10.1. The van der Waals surface area contributed by atoms with Gasteiger partial charge < -0.3 is 20.2 Å². The predicted octanol–water partition coefficient (Wildman–Crippen LogP) is 1.73. The number of aryl methyl sites for hydroxylation is 2. The lowest BCUT2D eigenvalue weighted by molar-refractivity contribution is -0.136. The van der Waals surface area contributed by atoms with Crippen molar-refractivity contribution in [1.29, 1.82) is 0 Å². The zero-order chi connectivity index (χ0) is 13.7. The minimum Gasteiger partial charge on any atom is -0.481 e. The zero-order valence-corrected chi connectivity index (χ0v) is 10.7. The molecule has 6 nitrogen and oxygen atoms in total. The molecule has 1 rings (SSSR count). The molecule has 2 amide bonds. The standard InChI is InChI=1S/C12H18N2O4/c1-7-6-10(9(3)18-7)8(2)14-12(17)13-5-4-11(15)16/h6,8H,4-5H2,1-3H3,(H,15,16)(H2,13,14,17). The Morgan fingerprint density at radius 1 is 1.44 bits per heavy atom. The lowest BCUT2D eigenvalue weighted by Gasteiger charge is -2.13. The van der Waals surface area contributed by atoms with Gasteiger partial charge in [-0.1, -0.05) is 0 Å². The molecule has 0 aromatic carbocycles. The summed E-state index contributed by atoms with van der Waals surface area (Å²) < 4.78 is 5.38. The van der Waals surface area contributed by atoms with Gasteiger partial charge in [-0.05, 0) is 26.8 Å². The second-order valence-electron chi connectivity index (χ2n) is 4.13. The van der Waals surface area contributed by atoms with Crippen molar-refractivity contribution in [2.24, 2.45) is 0 Å². The average molecular weight is 254 g/mol. The number of carbonyl (C=O) groups excluding carboxylic acids is 1. The molecule has 1 heterocycles. The number of hydrogen-bond donors (Lipinski definition) is 3. The van der Waals surface area contributed by atoms with Crippen molar-refractivity contribution in [3.8, 4) is 0 Å². The third-order valence-electron chi connectivity index (χ3n) is 2.52. The monoisotopic (exact) mass is 254 g/mol. The maximum atomic E-state index is 11.5. The quantitative estimate of drug-likeness (QED) is 0.746. The van der Waals surface area contributed by atoms with E-state index in [4.69, 9.17) is 9.52 Å². The second-order valence-corrected chi connectivity index (χ2v) is 4.13. The van der Waals surface area contributed by atoms with Crippen LogP contribution < -0.4 is 10.6 Å². The molecule has 0 aliphatic carbocycles. The van der Waals surface area contributed by atoms with E-state index in [0.29, 0.717) is 0 Å². The van der Waals surface area contributed by atoms with E-state index in [1.807, 2.05) is 26.8 Å². The number of carbonyl (C=O) groups is 2. The Morgan fingerprint density at radius 3 is 2.61 bits per heavy atom. The molecule has 0 bridgehead atoms. The van der Waals surface area contributed by atoms with Crippen LogP contribution in [0.1, 0.15) is 36.5 Å². The molecule has 0 fully saturated rings. The summed E-state index contributed by atoms with van der Waals surface area (Å²) >= 11 is 0. The number of furan rings is 1. The molecule has 0 radical (unpaired) electrons. The molecule has 0 spiro atoms. The highest BCUT2D eigenvalue weighted by Gasteiger charge is 2.14. The molecule has 100 valence electrons. The maximum absolute atomic E-state index is 11.5. The van der Waals surface area contributed by atoms with Crippen LogP contribution in [0.2, 0.25) is 0 Å². The van der Waals surface area contributed by atoms with Crippen LogP contribution in [-0.2, 0) is 4.79 Å². The summed E-state index contributed by atoms with van der Waals surface area (Å²) in [6, 6.07) is 1.30. The van der Waals surface area contributed by atoms with Crippen molar-refractivity contribution < 1.29 is 19.1 Å². The number of rotatable bonds is 5. The van der Waals surface area contributed by atoms with Gasteiger partial charge in [0, 0.05) is 12.1 Å². The van der Waals surface area contributed by atoms with Crippen molar-refractivity contribution in [3.05, 3.63) is 23.2 Å². The summed E-state index contributed by atoms with van der Waals surface area (Å²) in [6.07, 6.45) is -0.0916. The van der Waals surface area contributed by atoms with E-state index in [-0.39, 0.29) is 25.0 Å². The van der Waals surface area contributed by atoms with Crippen molar-refractivity contribution in [2.75, 3.05) is 6.54 Å². The van der Waals surface area contributed by atoms with Gasteiger partial charge in [-0.2, -0.15) is 0 Å². The molecule has 3 N–H and O–H groups in total. The smallest absolute Gasteiger partial charge is 0.315 e. The Kier molecular flexibility index (Phi) is 4.76.